The highest BCUT2D eigenvalue weighted by Crippen LogP contribution is 2.15. The molecule has 0 radical (unpaired) electrons. The number of furan rings is 1. The summed E-state index contributed by atoms with van der Waals surface area (Å²) in [7, 11) is 0. The first kappa shape index (κ1) is 24.0. The third-order valence-corrected chi connectivity index (χ3v) is 4.88. The Morgan fingerprint density at radius 2 is 1.76 bits per heavy atom. The molecule has 1 heterocycles. The standard InChI is InChI=1S/C25H27N3O4S/c1-17(2)11-13-32-21-9-4-7-19(15-21)24(30)28-25(33)27-20-8-3-6-18(14-20)23(29)26-16-22-10-5-12-31-22/h3-10,12,14-15,17H,11,13,16H2,1-2H3,(H,26,29)(H2,27,28,30,33). The summed E-state index contributed by atoms with van der Waals surface area (Å²) in [4.78, 5) is 25.0. The predicted molar refractivity (Wildman–Crippen MR) is 131 cm³/mol. The molecule has 172 valence electrons. The van der Waals surface area contributed by atoms with E-state index < -0.39 is 0 Å². The lowest BCUT2D eigenvalue weighted by Crippen LogP contribution is -2.34. The molecule has 0 aliphatic carbocycles. The monoisotopic (exact) mass is 465 g/mol. The van der Waals surface area contributed by atoms with Gasteiger partial charge in [0.1, 0.15) is 11.5 Å². The summed E-state index contributed by atoms with van der Waals surface area (Å²) >= 11 is 5.27. The van der Waals surface area contributed by atoms with Crippen LogP contribution in [0.1, 0.15) is 46.7 Å². The maximum Gasteiger partial charge on any atom is 0.257 e. The van der Waals surface area contributed by atoms with Gasteiger partial charge in [0.05, 0.1) is 19.4 Å². The highest BCUT2D eigenvalue weighted by Gasteiger charge is 2.11. The Kier molecular flexibility index (Phi) is 8.60. The van der Waals surface area contributed by atoms with Crippen molar-refractivity contribution in [1.82, 2.24) is 10.6 Å². The van der Waals surface area contributed by atoms with Gasteiger partial charge in [-0.2, -0.15) is 0 Å². The van der Waals surface area contributed by atoms with Crippen molar-refractivity contribution >= 4 is 34.8 Å². The molecule has 2 aromatic carbocycles. The van der Waals surface area contributed by atoms with Crippen LogP contribution >= 0.6 is 12.2 Å². The Bertz CT molecular complexity index is 1100. The van der Waals surface area contributed by atoms with E-state index in [0.717, 1.165) is 6.42 Å². The van der Waals surface area contributed by atoms with Crippen molar-refractivity contribution in [2.24, 2.45) is 5.92 Å². The average molecular weight is 466 g/mol. The number of carbonyl (C=O) groups excluding carboxylic acids is 2. The van der Waals surface area contributed by atoms with Gasteiger partial charge in [0.2, 0.25) is 0 Å². The van der Waals surface area contributed by atoms with Crippen LogP contribution in [0.5, 0.6) is 5.75 Å². The van der Waals surface area contributed by atoms with Crippen LogP contribution < -0.4 is 20.7 Å². The van der Waals surface area contributed by atoms with E-state index in [2.05, 4.69) is 29.8 Å². The normalized spacial score (nSPS) is 10.5. The number of hydrogen-bond donors (Lipinski definition) is 3. The number of rotatable bonds is 9. The van der Waals surface area contributed by atoms with Gasteiger partial charge in [-0.1, -0.05) is 26.0 Å². The van der Waals surface area contributed by atoms with E-state index in [9.17, 15) is 9.59 Å². The number of amides is 2. The maximum absolute atomic E-state index is 12.6. The minimum atomic E-state index is -0.353. The van der Waals surface area contributed by atoms with Crippen LogP contribution in [0.2, 0.25) is 0 Å². The quantitative estimate of drug-likeness (QED) is 0.395. The van der Waals surface area contributed by atoms with Crippen molar-refractivity contribution in [2.45, 2.75) is 26.8 Å². The molecule has 0 bridgehead atoms. The molecule has 1 aromatic heterocycles. The fourth-order valence-corrected chi connectivity index (χ4v) is 3.11. The summed E-state index contributed by atoms with van der Waals surface area (Å²) in [6.45, 7) is 5.14. The lowest BCUT2D eigenvalue weighted by Gasteiger charge is -2.12. The van der Waals surface area contributed by atoms with Crippen LogP contribution in [0.25, 0.3) is 0 Å². The first-order valence-corrected chi connectivity index (χ1v) is 11.1. The molecule has 3 rings (SSSR count). The SMILES string of the molecule is CC(C)CCOc1cccc(C(=O)NC(=S)Nc2cccc(C(=O)NCc3ccco3)c2)c1. The smallest absolute Gasteiger partial charge is 0.257 e. The van der Waals surface area contributed by atoms with Gasteiger partial charge in [-0.3, -0.25) is 14.9 Å². The Morgan fingerprint density at radius 1 is 1.00 bits per heavy atom. The van der Waals surface area contributed by atoms with Crippen LogP contribution in [0.4, 0.5) is 5.69 Å². The van der Waals surface area contributed by atoms with Crippen molar-refractivity contribution < 1.29 is 18.7 Å². The van der Waals surface area contributed by atoms with Gasteiger partial charge in [0, 0.05) is 16.8 Å². The van der Waals surface area contributed by atoms with Crippen molar-refractivity contribution in [3.8, 4) is 5.75 Å². The Labute approximate surface area is 198 Å². The molecule has 0 fully saturated rings. The molecule has 7 nitrogen and oxygen atoms in total. The van der Waals surface area contributed by atoms with Crippen molar-refractivity contribution in [2.75, 3.05) is 11.9 Å². The summed E-state index contributed by atoms with van der Waals surface area (Å²) in [6, 6.07) is 17.3. The second-order valence-corrected chi connectivity index (χ2v) is 8.22. The van der Waals surface area contributed by atoms with E-state index in [1.54, 1.807) is 60.9 Å². The van der Waals surface area contributed by atoms with E-state index in [1.807, 2.05) is 6.07 Å². The minimum absolute atomic E-state index is 0.124. The van der Waals surface area contributed by atoms with Crippen molar-refractivity contribution in [1.29, 1.82) is 0 Å². The van der Waals surface area contributed by atoms with Gasteiger partial charge in [0.25, 0.3) is 11.8 Å². The van der Waals surface area contributed by atoms with Gasteiger partial charge >= 0.3 is 0 Å². The highest BCUT2D eigenvalue weighted by molar-refractivity contribution is 7.80. The van der Waals surface area contributed by atoms with Crippen LogP contribution in [0.15, 0.2) is 71.3 Å². The molecule has 0 aliphatic heterocycles. The third-order valence-electron chi connectivity index (χ3n) is 4.67. The molecule has 0 spiro atoms. The number of benzene rings is 2. The summed E-state index contributed by atoms with van der Waals surface area (Å²) in [5.74, 6) is 1.24. The molecule has 0 unspecified atom stereocenters. The van der Waals surface area contributed by atoms with Gasteiger partial charge < -0.3 is 19.8 Å². The molecule has 0 saturated carbocycles. The molecule has 3 aromatic rings. The van der Waals surface area contributed by atoms with Gasteiger partial charge in [-0.15, -0.1) is 0 Å². The van der Waals surface area contributed by atoms with E-state index >= 15 is 0 Å². The molecule has 0 atom stereocenters. The van der Waals surface area contributed by atoms with Crippen LogP contribution in [0.3, 0.4) is 0 Å². The van der Waals surface area contributed by atoms with Gasteiger partial charge in [0.15, 0.2) is 5.11 Å². The molecule has 33 heavy (non-hydrogen) atoms. The topological polar surface area (TPSA) is 92.6 Å². The first-order chi connectivity index (χ1) is 15.9. The number of thiocarbonyl (C=S) groups is 1. The molecule has 2 amide bonds. The van der Waals surface area contributed by atoms with E-state index in [0.29, 0.717) is 40.8 Å². The average Bonchev–Trinajstić information content (AvgIpc) is 3.31. The molecule has 8 heteroatoms. The summed E-state index contributed by atoms with van der Waals surface area (Å²) in [5, 5.41) is 8.50. The molecular formula is C25H27N3O4S. The Balaban J connectivity index is 1.53. The number of hydrogen-bond acceptors (Lipinski definition) is 5. The lowest BCUT2D eigenvalue weighted by molar-refractivity contribution is 0.0946. The molecule has 0 saturated heterocycles. The summed E-state index contributed by atoms with van der Waals surface area (Å²) in [5.41, 5.74) is 1.47. The van der Waals surface area contributed by atoms with E-state index in [-0.39, 0.29) is 23.5 Å². The minimum Gasteiger partial charge on any atom is -0.494 e. The molecule has 0 aliphatic rings. The van der Waals surface area contributed by atoms with Crippen LogP contribution in [0, 0.1) is 5.92 Å². The molecular weight excluding hydrogens is 438 g/mol. The number of ether oxygens (including phenoxy) is 1. The first-order valence-electron chi connectivity index (χ1n) is 10.7. The van der Waals surface area contributed by atoms with E-state index in [4.69, 9.17) is 21.4 Å². The van der Waals surface area contributed by atoms with Crippen molar-refractivity contribution in [3.05, 3.63) is 83.8 Å². The fraction of sp³-hybridized carbons (Fsp3) is 0.240. The Hall–Kier alpha value is -3.65. The number of carbonyl (C=O) groups is 2. The summed E-state index contributed by atoms with van der Waals surface area (Å²) in [6.07, 6.45) is 2.49. The Morgan fingerprint density at radius 3 is 2.48 bits per heavy atom. The number of nitrogens with one attached hydrogen (secondary N) is 3. The summed E-state index contributed by atoms with van der Waals surface area (Å²) < 4.78 is 10.9. The zero-order chi connectivity index (χ0) is 23.6. The van der Waals surface area contributed by atoms with E-state index in [1.165, 1.54) is 0 Å². The van der Waals surface area contributed by atoms with Gasteiger partial charge in [-0.05, 0) is 73.1 Å². The predicted octanol–water partition coefficient (Wildman–Crippen LogP) is 4.76. The van der Waals surface area contributed by atoms with Gasteiger partial charge in [-0.25, -0.2) is 0 Å². The second kappa shape index (κ2) is 11.8. The number of anilines is 1. The largest absolute Gasteiger partial charge is 0.494 e. The van der Waals surface area contributed by atoms with Crippen LogP contribution in [-0.4, -0.2) is 23.5 Å². The molecule has 3 N–H and O–H groups in total. The maximum atomic E-state index is 12.6. The third kappa shape index (κ3) is 7.76. The highest BCUT2D eigenvalue weighted by atomic mass is 32.1. The van der Waals surface area contributed by atoms with Crippen molar-refractivity contribution in [3.63, 3.8) is 0 Å². The second-order valence-electron chi connectivity index (χ2n) is 7.81. The lowest BCUT2D eigenvalue weighted by atomic mass is 10.1. The van der Waals surface area contributed by atoms with Crippen LogP contribution in [-0.2, 0) is 6.54 Å². The zero-order valence-corrected chi connectivity index (χ0v) is 19.4. The zero-order valence-electron chi connectivity index (χ0n) is 18.6. The fourth-order valence-electron chi connectivity index (χ4n) is 2.90.